The van der Waals surface area contributed by atoms with E-state index in [0.29, 0.717) is 12.8 Å². The van der Waals surface area contributed by atoms with Crippen LogP contribution in [0.15, 0.2) is 27.0 Å². The Labute approximate surface area is 90.6 Å². The molecule has 2 rings (SSSR count). The van der Waals surface area contributed by atoms with Gasteiger partial charge in [0.25, 0.3) is 0 Å². The van der Waals surface area contributed by atoms with Gasteiger partial charge in [-0.25, -0.2) is 19.0 Å². The summed E-state index contributed by atoms with van der Waals surface area (Å²) in [6.45, 7) is 3.69. The highest BCUT2D eigenvalue weighted by Gasteiger charge is 2.35. The Morgan fingerprint density at radius 2 is 1.62 bits per heavy atom. The lowest BCUT2D eigenvalue weighted by Gasteiger charge is -2.25. The summed E-state index contributed by atoms with van der Waals surface area (Å²) in [7, 11) is 0. The van der Waals surface area contributed by atoms with E-state index < -0.39 is 22.6 Å². The zero-order valence-corrected chi connectivity index (χ0v) is 8.78. The third kappa shape index (κ3) is 1.46. The standard InChI is InChI=1S/C10H13N3O3/c1-2-10(5-3-4-6-10)13-8(15)11-7(14)12-9(13)16/h2H,1,3-6H2,(H2,11,12,14,15,16). The van der Waals surface area contributed by atoms with Crippen molar-refractivity contribution in [2.24, 2.45) is 0 Å². The van der Waals surface area contributed by atoms with Crippen LogP contribution < -0.4 is 17.1 Å². The van der Waals surface area contributed by atoms with E-state index in [2.05, 4.69) is 16.5 Å². The van der Waals surface area contributed by atoms with Crippen molar-refractivity contribution in [3.8, 4) is 0 Å². The topological polar surface area (TPSA) is 87.7 Å². The van der Waals surface area contributed by atoms with Gasteiger partial charge in [-0.2, -0.15) is 0 Å². The van der Waals surface area contributed by atoms with Crippen molar-refractivity contribution in [2.75, 3.05) is 0 Å². The zero-order chi connectivity index (χ0) is 11.8. The van der Waals surface area contributed by atoms with E-state index in [4.69, 9.17) is 0 Å². The molecule has 1 aliphatic rings. The summed E-state index contributed by atoms with van der Waals surface area (Å²) in [5.74, 6) is 0. The Morgan fingerprint density at radius 3 is 2.06 bits per heavy atom. The number of nitrogens with one attached hydrogen (secondary N) is 2. The third-order valence-corrected chi connectivity index (χ3v) is 3.14. The highest BCUT2D eigenvalue weighted by atomic mass is 16.2. The fraction of sp³-hybridized carbons (Fsp3) is 0.500. The van der Waals surface area contributed by atoms with Crippen LogP contribution in [0.2, 0.25) is 0 Å². The monoisotopic (exact) mass is 223 g/mol. The lowest BCUT2D eigenvalue weighted by Crippen LogP contribution is -2.51. The van der Waals surface area contributed by atoms with Gasteiger partial charge in [-0.05, 0) is 12.8 Å². The van der Waals surface area contributed by atoms with Gasteiger partial charge in [-0.1, -0.05) is 18.9 Å². The molecule has 1 fully saturated rings. The number of hydrogen-bond donors (Lipinski definition) is 2. The van der Waals surface area contributed by atoms with Crippen molar-refractivity contribution in [1.29, 1.82) is 0 Å². The van der Waals surface area contributed by atoms with Gasteiger partial charge >= 0.3 is 17.1 Å². The maximum Gasteiger partial charge on any atom is 0.334 e. The summed E-state index contributed by atoms with van der Waals surface area (Å²) in [6, 6.07) is 0. The summed E-state index contributed by atoms with van der Waals surface area (Å²) >= 11 is 0. The van der Waals surface area contributed by atoms with E-state index in [1.165, 1.54) is 0 Å². The molecule has 2 N–H and O–H groups in total. The predicted octanol–water partition coefficient (Wildman–Crippen LogP) is -0.320. The van der Waals surface area contributed by atoms with Crippen molar-refractivity contribution in [2.45, 2.75) is 31.2 Å². The molecule has 0 atom stereocenters. The second kappa shape index (κ2) is 3.62. The van der Waals surface area contributed by atoms with Gasteiger partial charge in [0.1, 0.15) is 0 Å². The molecule has 0 unspecified atom stereocenters. The largest absolute Gasteiger partial charge is 0.334 e. The molecule has 16 heavy (non-hydrogen) atoms. The SMILES string of the molecule is C=CC1(n2c(=O)[nH]c(=O)[nH]c2=O)CCCC1. The fourth-order valence-electron chi connectivity index (χ4n) is 2.34. The van der Waals surface area contributed by atoms with Crippen molar-refractivity contribution >= 4 is 0 Å². The molecule has 6 nitrogen and oxygen atoms in total. The quantitative estimate of drug-likeness (QED) is 0.673. The van der Waals surface area contributed by atoms with Gasteiger partial charge in [0.05, 0.1) is 5.54 Å². The minimum Gasteiger partial charge on any atom is -0.259 e. The van der Waals surface area contributed by atoms with E-state index in [1.54, 1.807) is 6.08 Å². The van der Waals surface area contributed by atoms with Crippen LogP contribution in [0, 0.1) is 0 Å². The zero-order valence-electron chi connectivity index (χ0n) is 8.78. The molecule has 1 heterocycles. The van der Waals surface area contributed by atoms with Crippen LogP contribution in [0.4, 0.5) is 0 Å². The van der Waals surface area contributed by atoms with E-state index >= 15 is 0 Å². The van der Waals surface area contributed by atoms with Crippen LogP contribution in [0.5, 0.6) is 0 Å². The summed E-state index contributed by atoms with van der Waals surface area (Å²) in [5, 5.41) is 0. The van der Waals surface area contributed by atoms with Gasteiger partial charge in [0.2, 0.25) is 0 Å². The van der Waals surface area contributed by atoms with Crippen LogP contribution in [0.1, 0.15) is 25.7 Å². The van der Waals surface area contributed by atoms with E-state index in [0.717, 1.165) is 17.4 Å². The summed E-state index contributed by atoms with van der Waals surface area (Å²) < 4.78 is 1.06. The molecular formula is C10H13N3O3. The second-order valence-corrected chi connectivity index (χ2v) is 4.04. The van der Waals surface area contributed by atoms with Crippen LogP contribution in [0.3, 0.4) is 0 Å². The van der Waals surface area contributed by atoms with Gasteiger partial charge in [0.15, 0.2) is 0 Å². The maximum absolute atomic E-state index is 11.7. The molecule has 0 radical (unpaired) electrons. The molecule has 0 spiro atoms. The molecule has 0 bridgehead atoms. The first-order valence-corrected chi connectivity index (χ1v) is 5.19. The molecule has 1 aromatic heterocycles. The van der Waals surface area contributed by atoms with Crippen LogP contribution in [0.25, 0.3) is 0 Å². The second-order valence-electron chi connectivity index (χ2n) is 4.04. The summed E-state index contributed by atoms with van der Waals surface area (Å²) in [6.07, 6.45) is 4.90. The molecule has 0 amide bonds. The van der Waals surface area contributed by atoms with E-state index in [1.807, 2.05) is 0 Å². The average Bonchev–Trinajstić information content (AvgIpc) is 2.66. The third-order valence-electron chi connectivity index (χ3n) is 3.14. The molecule has 0 aromatic carbocycles. The van der Waals surface area contributed by atoms with Crippen molar-refractivity contribution in [3.05, 3.63) is 44.1 Å². The fourth-order valence-corrected chi connectivity index (χ4v) is 2.34. The molecule has 1 saturated carbocycles. The van der Waals surface area contributed by atoms with Crippen molar-refractivity contribution in [1.82, 2.24) is 14.5 Å². The Hall–Kier alpha value is -1.85. The first-order chi connectivity index (χ1) is 7.59. The van der Waals surface area contributed by atoms with Crippen LogP contribution in [-0.2, 0) is 5.54 Å². The maximum atomic E-state index is 11.7. The molecule has 0 saturated heterocycles. The molecule has 0 aliphatic heterocycles. The average molecular weight is 223 g/mol. The number of aromatic amines is 2. The van der Waals surface area contributed by atoms with E-state index in [9.17, 15) is 14.4 Å². The molecule has 1 aromatic rings. The summed E-state index contributed by atoms with van der Waals surface area (Å²) in [5.41, 5.74) is -2.76. The number of hydrogen-bond acceptors (Lipinski definition) is 3. The minimum atomic E-state index is -0.775. The Kier molecular flexibility index (Phi) is 2.41. The molecular weight excluding hydrogens is 210 g/mol. The number of rotatable bonds is 2. The molecule has 6 heteroatoms. The predicted molar refractivity (Wildman–Crippen MR) is 58.6 cm³/mol. The highest BCUT2D eigenvalue weighted by Crippen LogP contribution is 2.35. The first kappa shape index (κ1) is 10.7. The van der Waals surface area contributed by atoms with Gasteiger partial charge in [-0.3, -0.25) is 9.97 Å². The van der Waals surface area contributed by atoms with E-state index in [-0.39, 0.29) is 0 Å². The Balaban J connectivity index is 2.73. The normalized spacial score (nSPS) is 18.5. The van der Waals surface area contributed by atoms with Gasteiger partial charge in [-0.15, -0.1) is 6.58 Å². The smallest absolute Gasteiger partial charge is 0.259 e. The lowest BCUT2D eigenvalue weighted by atomic mass is 9.98. The number of aromatic nitrogens is 3. The minimum absolute atomic E-state index is 0.644. The van der Waals surface area contributed by atoms with Crippen LogP contribution in [-0.4, -0.2) is 14.5 Å². The first-order valence-electron chi connectivity index (χ1n) is 5.19. The van der Waals surface area contributed by atoms with Crippen LogP contribution >= 0.6 is 0 Å². The van der Waals surface area contributed by atoms with Crippen molar-refractivity contribution in [3.63, 3.8) is 0 Å². The highest BCUT2D eigenvalue weighted by molar-refractivity contribution is 5.04. The van der Waals surface area contributed by atoms with Gasteiger partial charge < -0.3 is 0 Å². The number of nitrogens with zero attached hydrogens (tertiary/aromatic N) is 1. The molecule has 86 valence electrons. The Morgan fingerprint density at radius 1 is 1.12 bits per heavy atom. The molecule has 1 aliphatic carbocycles. The Bertz CT molecular complexity index is 538. The summed E-state index contributed by atoms with van der Waals surface area (Å²) in [4.78, 5) is 38.4. The van der Waals surface area contributed by atoms with Crippen molar-refractivity contribution < 1.29 is 0 Å². The number of H-pyrrole nitrogens is 2. The van der Waals surface area contributed by atoms with Gasteiger partial charge in [0, 0.05) is 0 Å². The number of allylic oxidation sites excluding steroid dienone is 1. The lowest BCUT2D eigenvalue weighted by molar-refractivity contribution is 0.346.